The zero-order valence-corrected chi connectivity index (χ0v) is 13.9. The Balaban J connectivity index is 1.65. The first kappa shape index (κ1) is 15.1. The summed E-state index contributed by atoms with van der Waals surface area (Å²) in [4.78, 5) is 0. The van der Waals surface area contributed by atoms with Crippen LogP contribution in [0, 0.1) is 0 Å². The predicted molar refractivity (Wildman–Crippen MR) is 90.3 cm³/mol. The molecule has 2 aromatic carbocycles. The fourth-order valence-electron chi connectivity index (χ4n) is 3.45. The second kappa shape index (κ2) is 6.24. The number of hydrogen-bond donors (Lipinski definition) is 1. The molecule has 0 amide bonds. The van der Waals surface area contributed by atoms with Gasteiger partial charge >= 0.3 is 0 Å². The molecule has 1 N–H and O–H groups in total. The lowest BCUT2D eigenvalue weighted by atomic mass is 9.89. The monoisotopic (exact) mass is 327 g/mol. The molecule has 2 aromatic rings. The summed E-state index contributed by atoms with van der Waals surface area (Å²) in [7, 11) is 3.36. The average Bonchev–Trinajstić information content (AvgIpc) is 3.08. The molecule has 2 aliphatic rings. The van der Waals surface area contributed by atoms with E-state index in [4.69, 9.17) is 18.9 Å². The molecule has 0 bridgehead atoms. The second-order valence-electron chi connectivity index (χ2n) is 6.04. The molecule has 2 heterocycles. The fourth-order valence-corrected chi connectivity index (χ4v) is 3.45. The Morgan fingerprint density at radius 1 is 1.08 bits per heavy atom. The highest BCUT2D eigenvalue weighted by Crippen LogP contribution is 2.39. The molecule has 0 aliphatic carbocycles. The highest BCUT2D eigenvalue weighted by atomic mass is 16.7. The number of fused-ring (bicyclic) bond motifs is 2. The summed E-state index contributed by atoms with van der Waals surface area (Å²) in [5.74, 6) is 3.35. The molecule has 0 aromatic heterocycles. The van der Waals surface area contributed by atoms with E-state index >= 15 is 0 Å². The van der Waals surface area contributed by atoms with Gasteiger partial charge in [-0.15, -0.1) is 0 Å². The Labute approximate surface area is 141 Å². The number of hydrogen-bond acceptors (Lipinski definition) is 5. The molecule has 0 radical (unpaired) electrons. The Hall–Kier alpha value is -2.40. The van der Waals surface area contributed by atoms with Gasteiger partial charge in [-0.3, -0.25) is 0 Å². The van der Waals surface area contributed by atoms with Crippen LogP contribution < -0.4 is 24.3 Å². The summed E-state index contributed by atoms with van der Waals surface area (Å²) in [6, 6.07) is 10.4. The first-order valence-corrected chi connectivity index (χ1v) is 8.15. The largest absolute Gasteiger partial charge is 0.497 e. The van der Waals surface area contributed by atoms with Crippen molar-refractivity contribution in [3.63, 3.8) is 0 Å². The van der Waals surface area contributed by atoms with Crippen molar-refractivity contribution in [3.8, 4) is 23.0 Å². The van der Waals surface area contributed by atoms with Crippen LogP contribution in [0.15, 0.2) is 30.3 Å². The van der Waals surface area contributed by atoms with Gasteiger partial charge in [-0.05, 0) is 54.3 Å². The van der Waals surface area contributed by atoms with Gasteiger partial charge in [0.05, 0.1) is 14.2 Å². The average molecular weight is 327 g/mol. The lowest BCUT2D eigenvalue weighted by Crippen LogP contribution is -2.31. The van der Waals surface area contributed by atoms with Crippen molar-refractivity contribution in [1.29, 1.82) is 0 Å². The Morgan fingerprint density at radius 2 is 1.92 bits per heavy atom. The van der Waals surface area contributed by atoms with Gasteiger partial charge < -0.3 is 24.3 Å². The molecule has 126 valence electrons. The van der Waals surface area contributed by atoms with Gasteiger partial charge in [0.1, 0.15) is 11.5 Å². The van der Waals surface area contributed by atoms with Crippen LogP contribution in [0.4, 0.5) is 0 Å². The normalized spacial score (nSPS) is 18.2. The van der Waals surface area contributed by atoms with Crippen LogP contribution in [0.1, 0.15) is 22.7 Å². The molecule has 2 aliphatic heterocycles. The number of benzene rings is 2. The number of rotatable bonds is 4. The third-order valence-electron chi connectivity index (χ3n) is 4.71. The van der Waals surface area contributed by atoms with Crippen molar-refractivity contribution < 1.29 is 18.9 Å². The van der Waals surface area contributed by atoms with Crippen molar-refractivity contribution in [2.24, 2.45) is 0 Å². The van der Waals surface area contributed by atoms with E-state index in [9.17, 15) is 0 Å². The van der Waals surface area contributed by atoms with Crippen LogP contribution in [0.3, 0.4) is 0 Å². The molecule has 5 heteroatoms. The lowest BCUT2D eigenvalue weighted by Gasteiger charge is -2.28. The first-order chi connectivity index (χ1) is 11.8. The van der Waals surface area contributed by atoms with Gasteiger partial charge in [0, 0.05) is 12.1 Å². The van der Waals surface area contributed by atoms with Crippen LogP contribution >= 0.6 is 0 Å². The van der Waals surface area contributed by atoms with E-state index in [1.807, 2.05) is 12.1 Å². The molecular weight excluding hydrogens is 306 g/mol. The third-order valence-corrected chi connectivity index (χ3v) is 4.71. The summed E-state index contributed by atoms with van der Waals surface area (Å²) in [6.07, 6.45) is 1.85. The molecule has 4 rings (SSSR count). The summed E-state index contributed by atoms with van der Waals surface area (Å²) in [5.41, 5.74) is 3.76. The van der Waals surface area contributed by atoms with Crippen molar-refractivity contribution in [2.75, 3.05) is 27.6 Å². The SMILES string of the molecule is COc1ccc(C[C@@H]2NCCc3cc4c(cc32)OCO4)c(OC)c1. The van der Waals surface area contributed by atoms with E-state index in [0.29, 0.717) is 6.79 Å². The number of ether oxygens (including phenoxy) is 4. The minimum absolute atomic E-state index is 0.227. The van der Waals surface area contributed by atoms with E-state index < -0.39 is 0 Å². The van der Waals surface area contributed by atoms with E-state index in [0.717, 1.165) is 47.9 Å². The van der Waals surface area contributed by atoms with Crippen molar-refractivity contribution in [3.05, 3.63) is 47.0 Å². The smallest absolute Gasteiger partial charge is 0.231 e. The summed E-state index contributed by atoms with van der Waals surface area (Å²) in [5, 5.41) is 3.61. The predicted octanol–water partition coefficient (Wildman–Crippen LogP) is 2.86. The van der Waals surface area contributed by atoms with E-state index in [1.165, 1.54) is 11.1 Å². The van der Waals surface area contributed by atoms with E-state index in [2.05, 4.69) is 23.5 Å². The summed E-state index contributed by atoms with van der Waals surface area (Å²) < 4.78 is 21.9. The lowest BCUT2D eigenvalue weighted by molar-refractivity contribution is 0.174. The zero-order chi connectivity index (χ0) is 16.5. The minimum Gasteiger partial charge on any atom is -0.497 e. The Morgan fingerprint density at radius 3 is 2.71 bits per heavy atom. The molecule has 5 nitrogen and oxygen atoms in total. The summed E-state index contributed by atoms with van der Waals surface area (Å²) in [6.45, 7) is 1.26. The van der Waals surface area contributed by atoms with Crippen LogP contribution in [0.5, 0.6) is 23.0 Å². The molecule has 0 saturated carbocycles. The van der Waals surface area contributed by atoms with Crippen molar-refractivity contribution >= 4 is 0 Å². The van der Waals surface area contributed by atoms with Gasteiger partial charge in [-0.2, -0.15) is 0 Å². The zero-order valence-electron chi connectivity index (χ0n) is 13.9. The summed E-state index contributed by atoms with van der Waals surface area (Å²) >= 11 is 0. The number of nitrogens with one attached hydrogen (secondary N) is 1. The molecule has 0 fully saturated rings. The highest BCUT2D eigenvalue weighted by molar-refractivity contribution is 5.51. The molecular formula is C19H21NO4. The van der Waals surface area contributed by atoms with Gasteiger partial charge in [0.15, 0.2) is 11.5 Å². The fraction of sp³-hybridized carbons (Fsp3) is 0.368. The van der Waals surface area contributed by atoms with E-state index in [-0.39, 0.29) is 6.04 Å². The molecule has 0 spiro atoms. The van der Waals surface area contributed by atoms with E-state index in [1.54, 1.807) is 14.2 Å². The molecule has 1 atom stereocenters. The van der Waals surface area contributed by atoms with Gasteiger partial charge in [0.2, 0.25) is 6.79 Å². The van der Waals surface area contributed by atoms with Crippen LogP contribution in [-0.4, -0.2) is 27.6 Å². The maximum atomic E-state index is 5.55. The second-order valence-corrected chi connectivity index (χ2v) is 6.04. The van der Waals surface area contributed by atoms with Crippen LogP contribution in [0.2, 0.25) is 0 Å². The molecule has 0 saturated heterocycles. The standard InChI is InChI=1S/C19H21NO4/c1-21-14-4-3-13(17(9-14)22-2)7-16-15-10-19-18(23-11-24-19)8-12(15)5-6-20-16/h3-4,8-10,16,20H,5-7,11H2,1-2H3/t16-/m0/s1. The topological polar surface area (TPSA) is 49.0 Å². The third kappa shape index (κ3) is 2.65. The van der Waals surface area contributed by atoms with Crippen LogP contribution in [-0.2, 0) is 12.8 Å². The van der Waals surface area contributed by atoms with Crippen molar-refractivity contribution in [1.82, 2.24) is 5.32 Å². The maximum Gasteiger partial charge on any atom is 0.231 e. The minimum atomic E-state index is 0.227. The van der Waals surface area contributed by atoms with Gasteiger partial charge in [-0.1, -0.05) is 6.07 Å². The van der Waals surface area contributed by atoms with Gasteiger partial charge in [-0.25, -0.2) is 0 Å². The number of methoxy groups -OCH3 is 2. The maximum absolute atomic E-state index is 5.55. The molecule has 24 heavy (non-hydrogen) atoms. The van der Waals surface area contributed by atoms with Crippen LogP contribution in [0.25, 0.3) is 0 Å². The highest BCUT2D eigenvalue weighted by Gasteiger charge is 2.25. The Kier molecular flexibility index (Phi) is 3.94. The quantitative estimate of drug-likeness (QED) is 0.936. The Bertz CT molecular complexity index is 759. The van der Waals surface area contributed by atoms with Gasteiger partial charge in [0.25, 0.3) is 0 Å². The van der Waals surface area contributed by atoms with Crippen molar-refractivity contribution in [2.45, 2.75) is 18.9 Å². The first-order valence-electron chi connectivity index (χ1n) is 8.15. The molecule has 0 unspecified atom stereocenters.